The summed E-state index contributed by atoms with van der Waals surface area (Å²) < 4.78 is 0. The molecule has 1 amide bonds. The van der Waals surface area contributed by atoms with Crippen molar-refractivity contribution in [1.82, 2.24) is 15.6 Å². The van der Waals surface area contributed by atoms with Crippen molar-refractivity contribution < 1.29 is 4.79 Å². The Bertz CT molecular complexity index is 403. The van der Waals surface area contributed by atoms with Gasteiger partial charge in [0.25, 0.3) is 5.91 Å². The molecule has 0 saturated heterocycles. The van der Waals surface area contributed by atoms with E-state index in [9.17, 15) is 9.59 Å². The third-order valence-corrected chi connectivity index (χ3v) is 2.47. The van der Waals surface area contributed by atoms with Gasteiger partial charge in [-0.1, -0.05) is 0 Å². The van der Waals surface area contributed by atoms with Crippen LogP contribution in [0.4, 0.5) is 0 Å². The number of aromatic amines is 1. The molecule has 1 aromatic heterocycles. The van der Waals surface area contributed by atoms with Crippen LogP contribution in [0, 0.1) is 0 Å². The first-order valence-electron chi connectivity index (χ1n) is 5.46. The molecule has 2 rings (SSSR count). The molecule has 1 heterocycles. The van der Waals surface area contributed by atoms with Crippen molar-refractivity contribution in [3.63, 3.8) is 0 Å². The van der Waals surface area contributed by atoms with Gasteiger partial charge in [0.1, 0.15) is 0 Å². The maximum absolute atomic E-state index is 11.6. The molecule has 0 spiro atoms. The molecule has 86 valence electrons. The van der Waals surface area contributed by atoms with Crippen LogP contribution in [0.1, 0.15) is 23.2 Å². The molecule has 0 aromatic carbocycles. The van der Waals surface area contributed by atoms with E-state index in [1.54, 1.807) is 0 Å². The molecule has 0 unspecified atom stereocenters. The topological polar surface area (TPSA) is 74.0 Å². The lowest BCUT2D eigenvalue weighted by molar-refractivity contribution is 0.0953. The smallest absolute Gasteiger partial charge is 0.252 e. The largest absolute Gasteiger partial charge is 0.351 e. The summed E-state index contributed by atoms with van der Waals surface area (Å²) in [5.41, 5.74) is 0.276. The average molecular weight is 221 g/mol. The predicted octanol–water partition coefficient (Wildman–Crippen LogP) is -0.143. The predicted molar refractivity (Wildman–Crippen MR) is 60.4 cm³/mol. The summed E-state index contributed by atoms with van der Waals surface area (Å²) in [4.78, 5) is 24.8. The van der Waals surface area contributed by atoms with Crippen LogP contribution in [-0.2, 0) is 0 Å². The van der Waals surface area contributed by atoms with Crippen molar-refractivity contribution in [3.05, 3.63) is 34.2 Å². The Morgan fingerprint density at radius 3 is 2.81 bits per heavy atom. The van der Waals surface area contributed by atoms with Gasteiger partial charge in [-0.05, 0) is 18.9 Å². The first-order chi connectivity index (χ1) is 7.75. The lowest BCUT2D eigenvalue weighted by Crippen LogP contribution is -2.32. The molecule has 0 radical (unpaired) electrons. The number of aromatic nitrogens is 1. The molecule has 1 fully saturated rings. The molecule has 1 saturated carbocycles. The van der Waals surface area contributed by atoms with Crippen LogP contribution >= 0.6 is 0 Å². The number of H-pyrrole nitrogens is 1. The normalized spacial score (nSPS) is 14.8. The summed E-state index contributed by atoms with van der Waals surface area (Å²) in [6.45, 7) is 1.40. The van der Waals surface area contributed by atoms with Gasteiger partial charge in [0.15, 0.2) is 0 Å². The van der Waals surface area contributed by atoms with Gasteiger partial charge >= 0.3 is 0 Å². The second-order valence-electron chi connectivity index (χ2n) is 3.93. The third kappa shape index (κ3) is 3.20. The summed E-state index contributed by atoms with van der Waals surface area (Å²) in [7, 11) is 0. The van der Waals surface area contributed by atoms with Crippen molar-refractivity contribution in [3.8, 4) is 0 Å². The summed E-state index contributed by atoms with van der Waals surface area (Å²) in [5, 5.41) is 6.08. The van der Waals surface area contributed by atoms with Gasteiger partial charge in [0, 0.05) is 31.4 Å². The first-order valence-corrected chi connectivity index (χ1v) is 5.46. The minimum absolute atomic E-state index is 0.158. The Balaban J connectivity index is 1.73. The van der Waals surface area contributed by atoms with Crippen molar-refractivity contribution in [2.45, 2.75) is 18.9 Å². The second kappa shape index (κ2) is 4.94. The van der Waals surface area contributed by atoms with E-state index in [4.69, 9.17) is 0 Å². The zero-order chi connectivity index (χ0) is 11.4. The minimum Gasteiger partial charge on any atom is -0.351 e. The van der Waals surface area contributed by atoms with Crippen molar-refractivity contribution in [2.24, 2.45) is 0 Å². The van der Waals surface area contributed by atoms with E-state index in [-0.39, 0.29) is 11.5 Å². The fourth-order valence-corrected chi connectivity index (χ4v) is 1.39. The van der Waals surface area contributed by atoms with Gasteiger partial charge in [0.05, 0.1) is 5.56 Å². The van der Waals surface area contributed by atoms with Crippen molar-refractivity contribution in [2.75, 3.05) is 13.1 Å². The molecule has 1 aliphatic carbocycles. The van der Waals surface area contributed by atoms with E-state index < -0.39 is 0 Å². The summed E-state index contributed by atoms with van der Waals surface area (Å²) in [6, 6.07) is 3.52. The van der Waals surface area contributed by atoms with Gasteiger partial charge in [0.2, 0.25) is 5.56 Å². The van der Waals surface area contributed by atoms with E-state index >= 15 is 0 Å². The molecule has 5 heteroatoms. The fraction of sp³-hybridized carbons (Fsp3) is 0.455. The van der Waals surface area contributed by atoms with E-state index in [0.29, 0.717) is 18.2 Å². The van der Waals surface area contributed by atoms with Crippen LogP contribution in [-0.4, -0.2) is 30.0 Å². The summed E-state index contributed by atoms with van der Waals surface area (Å²) in [5.74, 6) is -0.158. The highest BCUT2D eigenvalue weighted by molar-refractivity contribution is 5.93. The zero-order valence-corrected chi connectivity index (χ0v) is 8.95. The number of amides is 1. The molecule has 0 bridgehead atoms. The number of nitrogens with one attached hydrogen (secondary N) is 3. The van der Waals surface area contributed by atoms with Crippen molar-refractivity contribution in [1.29, 1.82) is 0 Å². The number of carbonyl (C=O) groups is 1. The number of pyridine rings is 1. The van der Waals surface area contributed by atoms with Crippen LogP contribution in [0.2, 0.25) is 0 Å². The molecular formula is C11H15N3O2. The molecule has 16 heavy (non-hydrogen) atoms. The fourth-order valence-electron chi connectivity index (χ4n) is 1.39. The van der Waals surface area contributed by atoms with Gasteiger partial charge < -0.3 is 15.6 Å². The monoisotopic (exact) mass is 221 g/mol. The van der Waals surface area contributed by atoms with Crippen LogP contribution in [0.3, 0.4) is 0 Å². The lowest BCUT2D eigenvalue weighted by Gasteiger charge is -2.05. The standard InChI is InChI=1S/C11H15N3O2/c15-10-4-1-8(7-14-10)11(16)13-6-5-12-9-2-3-9/h1,4,7,9,12H,2-3,5-6H2,(H,13,16)(H,14,15). The highest BCUT2D eigenvalue weighted by Gasteiger charge is 2.19. The van der Waals surface area contributed by atoms with E-state index in [1.165, 1.54) is 31.2 Å². The van der Waals surface area contributed by atoms with E-state index in [0.717, 1.165) is 6.54 Å². The Morgan fingerprint density at radius 1 is 1.38 bits per heavy atom. The number of carbonyl (C=O) groups excluding carboxylic acids is 1. The number of hydrogen-bond donors (Lipinski definition) is 3. The van der Waals surface area contributed by atoms with Gasteiger partial charge in [-0.3, -0.25) is 9.59 Å². The average Bonchev–Trinajstić information content (AvgIpc) is 3.09. The lowest BCUT2D eigenvalue weighted by atomic mass is 10.3. The molecule has 1 aliphatic rings. The summed E-state index contributed by atoms with van der Waals surface area (Å²) >= 11 is 0. The maximum atomic E-state index is 11.6. The van der Waals surface area contributed by atoms with Crippen molar-refractivity contribution >= 4 is 5.91 Å². The Morgan fingerprint density at radius 2 is 2.19 bits per heavy atom. The zero-order valence-electron chi connectivity index (χ0n) is 8.95. The Labute approximate surface area is 93.3 Å². The van der Waals surface area contributed by atoms with Crippen LogP contribution < -0.4 is 16.2 Å². The number of hydrogen-bond acceptors (Lipinski definition) is 3. The van der Waals surface area contributed by atoms with Crippen LogP contribution in [0.25, 0.3) is 0 Å². The van der Waals surface area contributed by atoms with Crippen LogP contribution in [0.15, 0.2) is 23.1 Å². The quantitative estimate of drug-likeness (QED) is 0.606. The minimum atomic E-state index is -0.202. The summed E-state index contributed by atoms with van der Waals surface area (Å²) in [6.07, 6.45) is 3.91. The third-order valence-electron chi connectivity index (χ3n) is 2.47. The SMILES string of the molecule is O=C(NCCNC1CC1)c1ccc(=O)[nH]c1. The van der Waals surface area contributed by atoms with Gasteiger partial charge in [-0.15, -0.1) is 0 Å². The maximum Gasteiger partial charge on any atom is 0.252 e. The molecular weight excluding hydrogens is 206 g/mol. The van der Waals surface area contributed by atoms with E-state index in [1.807, 2.05) is 0 Å². The Kier molecular flexibility index (Phi) is 3.36. The molecule has 0 aliphatic heterocycles. The second-order valence-corrected chi connectivity index (χ2v) is 3.93. The molecule has 0 atom stereocenters. The number of rotatable bonds is 5. The van der Waals surface area contributed by atoms with Gasteiger partial charge in [-0.2, -0.15) is 0 Å². The van der Waals surface area contributed by atoms with Gasteiger partial charge in [-0.25, -0.2) is 0 Å². The first kappa shape index (κ1) is 10.9. The molecule has 1 aromatic rings. The molecule has 3 N–H and O–H groups in total. The van der Waals surface area contributed by atoms with E-state index in [2.05, 4.69) is 15.6 Å². The highest BCUT2D eigenvalue weighted by atomic mass is 16.1. The Hall–Kier alpha value is -1.62. The molecule has 5 nitrogen and oxygen atoms in total. The van der Waals surface area contributed by atoms with Crippen LogP contribution in [0.5, 0.6) is 0 Å². The highest BCUT2D eigenvalue weighted by Crippen LogP contribution is 2.17.